The maximum absolute atomic E-state index is 12.9. The molecule has 2 unspecified atom stereocenters. The van der Waals surface area contributed by atoms with Crippen LogP contribution in [0.5, 0.6) is 0 Å². The molecule has 1 aliphatic carbocycles. The van der Waals surface area contributed by atoms with Crippen molar-refractivity contribution in [3.05, 3.63) is 47.0 Å². The first-order valence-corrected chi connectivity index (χ1v) is 5.90. The molecule has 0 bridgehead atoms. The van der Waals surface area contributed by atoms with Gasteiger partial charge in [0, 0.05) is 0 Å². The van der Waals surface area contributed by atoms with E-state index < -0.39 is 17.8 Å². The number of alkyl halides is 3. The quantitative estimate of drug-likeness (QED) is 0.756. The van der Waals surface area contributed by atoms with Gasteiger partial charge in [-0.05, 0) is 42.9 Å². The fraction of sp³-hybridized carbons (Fsp3) is 0.429. The SMILES string of the molecule is CC1=CCC(c2ccccc2C(F)(F)F)CC1O. The Morgan fingerprint density at radius 1 is 1.22 bits per heavy atom. The van der Waals surface area contributed by atoms with Crippen LogP contribution in [0.1, 0.15) is 36.8 Å². The summed E-state index contributed by atoms with van der Waals surface area (Å²) >= 11 is 0. The van der Waals surface area contributed by atoms with E-state index in [9.17, 15) is 18.3 Å². The van der Waals surface area contributed by atoms with Crippen LogP contribution >= 0.6 is 0 Å². The van der Waals surface area contributed by atoms with Crippen LogP contribution in [-0.4, -0.2) is 11.2 Å². The molecule has 1 nitrogen and oxygen atoms in total. The van der Waals surface area contributed by atoms with Gasteiger partial charge in [-0.15, -0.1) is 0 Å². The average molecular weight is 256 g/mol. The highest BCUT2D eigenvalue weighted by atomic mass is 19.4. The molecule has 2 atom stereocenters. The summed E-state index contributed by atoms with van der Waals surface area (Å²) in [6, 6.07) is 5.62. The maximum atomic E-state index is 12.9. The molecule has 0 radical (unpaired) electrons. The average Bonchev–Trinajstić information content (AvgIpc) is 2.32. The maximum Gasteiger partial charge on any atom is 0.416 e. The molecule has 0 aromatic heterocycles. The van der Waals surface area contributed by atoms with Crippen LogP contribution in [-0.2, 0) is 6.18 Å². The zero-order valence-electron chi connectivity index (χ0n) is 10.0. The van der Waals surface area contributed by atoms with Gasteiger partial charge in [-0.1, -0.05) is 24.3 Å². The van der Waals surface area contributed by atoms with E-state index in [1.165, 1.54) is 12.1 Å². The van der Waals surface area contributed by atoms with Crippen molar-refractivity contribution in [2.45, 2.75) is 38.0 Å². The first-order valence-electron chi connectivity index (χ1n) is 5.90. The van der Waals surface area contributed by atoms with Crippen LogP contribution in [0.15, 0.2) is 35.9 Å². The Labute approximate surface area is 104 Å². The third-order valence-corrected chi connectivity index (χ3v) is 3.46. The number of aliphatic hydroxyl groups excluding tert-OH is 1. The van der Waals surface area contributed by atoms with Crippen LogP contribution < -0.4 is 0 Å². The Kier molecular flexibility index (Phi) is 3.48. The second-order valence-corrected chi connectivity index (χ2v) is 4.72. The number of hydrogen-bond donors (Lipinski definition) is 1. The van der Waals surface area contributed by atoms with E-state index in [4.69, 9.17) is 0 Å². The summed E-state index contributed by atoms with van der Waals surface area (Å²) in [6.07, 6.45) is -2.24. The summed E-state index contributed by atoms with van der Waals surface area (Å²) in [5.41, 5.74) is 0.540. The number of aliphatic hydroxyl groups is 1. The zero-order chi connectivity index (χ0) is 13.3. The van der Waals surface area contributed by atoms with Gasteiger partial charge in [0.05, 0.1) is 11.7 Å². The van der Waals surface area contributed by atoms with Gasteiger partial charge in [0.15, 0.2) is 0 Å². The lowest BCUT2D eigenvalue weighted by Gasteiger charge is -2.27. The van der Waals surface area contributed by atoms with Crippen LogP contribution in [0.3, 0.4) is 0 Å². The summed E-state index contributed by atoms with van der Waals surface area (Å²) in [5, 5.41) is 9.75. The molecule has 1 aliphatic rings. The Balaban J connectivity index is 2.35. The number of benzene rings is 1. The number of hydrogen-bond acceptors (Lipinski definition) is 1. The van der Waals surface area contributed by atoms with Crippen LogP contribution in [0, 0.1) is 0 Å². The van der Waals surface area contributed by atoms with Crippen molar-refractivity contribution in [3.8, 4) is 0 Å². The minimum atomic E-state index is -4.34. The second kappa shape index (κ2) is 4.76. The molecular weight excluding hydrogens is 241 g/mol. The Hall–Kier alpha value is -1.29. The van der Waals surface area contributed by atoms with Crippen LogP contribution in [0.2, 0.25) is 0 Å². The summed E-state index contributed by atoms with van der Waals surface area (Å²) in [5.74, 6) is -0.262. The minimum Gasteiger partial charge on any atom is -0.389 e. The summed E-state index contributed by atoms with van der Waals surface area (Å²) in [4.78, 5) is 0. The van der Waals surface area contributed by atoms with E-state index in [-0.39, 0.29) is 11.5 Å². The molecule has 18 heavy (non-hydrogen) atoms. The largest absolute Gasteiger partial charge is 0.416 e. The van der Waals surface area contributed by atoms with Gasteiger partial charge in [-0.2, -0.15) is 13.2 Å². The van der Waals surface area contributed by atoms with Gasteiger partial charge >= 0.3 is 6.18 Å². The molecule has 98 valence electrons. The molecule has 0 aliphatic heterocycles. The van der Waals surface area contributed by atoms with Crippen molar-refractivity contribution in [1.82, 2.24) is 0 Å². The minimum absolute atomic E-state index is 0.262. The molecule has 0 saturated heterocycles. The molecule has 0 heterocycles. The highest BCUT2D eigenvalue weighted by Gasteiger charge is 2.35. The van der Waals surface area contributed by atoms with Crippen molar-refractivity contribution < 1.29 is 18.3 Å². The fourth-order valence-electron chi connectivity index (χ4n) is 2.38. The highest BCUT2D eigenvalue weighted by molar-refractivity contribution is 5.34. The Bertz CT molecular complexity index is 462. The number of allylic oxidation sites excluding steroid dienone is 1. The van der Waals surface area contributed by atoms with Gasteiger partial charge in [-0.25, -0.2) is 0 Å². The van der Waals surface area contributed by atoms with Crippen molar-refractivity contribution in [2.24, 2.45) is 0 Å². The lowest BCUT2D eigenvalue weighted by atomic mass is 9.81. The highest BCUT2D eigenvalue weighted by Crippen LogP contribution is 2.40. The molecule has 1 aromatic carbocycles. The van der Waals surface area contributed by atoms with Crippen molar-refractivity contribution >= 4 is 0 Å². The third-order valence-electron chi connectivity index (χ3n) is 3.46. The zero-order valence-corrected chi connectivity index (χ0v) is 10.0. The predicted molar refractivity (Wildman–Crippen MR) is 63.2 cm³/mol. The third kappa shape index (κ3) is 2.58. The van der Waals surface area contributed by atoms with E-state index in [1.807, 2.05) is 6.08 Å². The summed E-state index contributed by atoms with van der Waals surface area (Å²) in [7, 11) is 0. The number of halogens is 3. The van der Waals surface area contributed by atoms with Crippen molar-refractivity contribution in [1.29, 1.82) is 0 Å². The molecule has 0 spiro atoms. The van der Waals surface area contributed by atoms with E-state index in [2.05, 4.69) is 0 Å². The molecule has 2 rings (SSSR count). The topological polar surface area (TPSA) is 20.2 Å². The standard InChI is InChI=1S/C14H15F3O/c1-9-6-7-10(8-13(9)18)11-4-2-3-5-12(11)14(15,16)17/h2-6,10,13,18H,7-8H2,1H3. The molecule has 1 aromatic rings. The van der Waals surface area contributed by atoms with Gasteiger partial charge in [0.25, 0.3) is 0 Å². The van der Waals surface area contributed by atoms with Crippen LogP contribution in [0.25, 0.3) is 0 Å². The molecule has 0 amide bonds. The van der Waals surface area contributed by atoms with Gasteiger partial charge < -0.3 is 5.11 Å². The normalized spacial score (nSPS) is 24.8. The second-order valence-electron chi connectivity index (χ2n) is 4.72. The first-order chi connectivity index (χ1) is 8.39. The van der Waals surface area contributed by atoms with Crippen molar-refractivity contribution in [3.63, 3.8) is 0 Å². The molecule has 1 N–H and O–H groups in total. The smallest absolute Gasteiger partial charge is 0.389 e. The Morgan fingerprint density at radius 2 is 1.89 bits per heavy atom. The van der Waals surface area contributed by atoms with E-state index in [0.717, 1.165) is 11.6 Å². The van der Waals surface area contributed by atoms with Gasteiger partial charge in [0.1, 0.15) is 0 Å². The van der Waals surface area contributed by atoms with Gasteiger partial charge in [0.2, 0.25) is 0 Å². The predicted octanol–water partition coefficient (Wildman–Crippen LogP) is 3.89. The Morgan fingerprint density at radius 3 is 2.50 bits per heavy atom. The van der Waals surface area contributed by atoms with E-state index >= 15 is 0 Å². The fourth-order valence-corrected chi connectivity index (χ4v) is 2.38. The van der Waals surface area contributed by atoms with E-state index in [0.29, 0.717) is 12.8 Å². The van der Waals surface area contributed by atoms with Crippen molar-refractivity contribution in [2.75, 3.05) is 0 Å². The molecular formula is C14H15F3O. The molecule has 0 fully saturated rings. The summed E-state index contributed by atoms with van der Waals surface area (Å²) < 4.78 is 38.7. The van der Waals surface area contributed by atoms with Gasteiger partial charge in [-0.3, -0.25) is 0 Å². The summed E-state index contributed by atoms with van der Waals surface area (Å²) in [6.45, 7) is 1.80. The molecule has 0 saturated carbocycles. The monoisotopic (exact) mass is 256 g/mol. The lowest BCUT2D eigenvalue weighted by molar-refractivity contribution is -0.138. The number of rotatable bonds is 1. The van der Waals surface area contributed by atoms with E-state index in [1.54, 1.807) is 13.0 Å². The molecule has 4 heteroatoms. The van der Waals surface area contributed by atoms with Crippen LogP contribution in [0.4, 0.5) is 13.2 Å². The first kappa shape index (κ1) is 13.1. The lowest BCUT2D eigenvalue weighted by Crippen LogP contribution is -2.20.